The summed E-state index contributed by atoms with van der Waals surface area (Å²) in [5, 5.41) is 5.73. The minimum absolute atomic E-state index is 0.0660. The van der Waals surface area contributed by atoms with E-state index in [0.717, 1.165) is 12.8 Å². The van der Waals surface area contributed by atoms with Gasteiger partial charge in [0.05, 0.1) is 30.2 Å². The number of nitrogens with zero attached hydrogens (tertiary/aromatic N) is 3. The van der Waals surface area contributed by atoms with Crippen molar-refractivity contribution in [3.05, 3.63) is 54.0 Å². The van der Waals surface area contributed by atoms with Gasteiger partial charge in [-0.3, -0.25) is 9.89 Å². The maximum Gasteiger partial charge on any atom is 0.281 e. The predicted octanol–water partition coefficient (Wildman–Crippen LogP) is 3.38. The smallest absolute Gasteiger partial charge is 0.281 e. The van der Waals surface area contributed by atoms with Crippen molar-refractivity contribution in [1.29, 1.82) is 0 Å². The molecular weight excluding hydrogens is 501 g/mol. The van der Waals surface area contributed by atoms with E-state index >= 15 is 0 Å². The first-order valence-corrected chi connectivity index (χ1v) is 13.4. The van der Waals surface area contributed by atoms with E-state index < -0.39 is 21.7 Å². The van der Waals surface area contributed by atoms with Gasteiger partial charge in [-0.15, -0.1) is 0 Å². The molecule has 37 heavy (non-hydrogen) atoms. The van der Waals surface area contributed by atoms with E-state index in [1.807, 2.05) is 18.7 Å². The maximum absolute atomic E-state index is 14.4. The summed E-state index contributed by atoms with van der Waals surface area (Å²) < 4.78 is 53.0. The SMILES string of the molecule is COC1CCCN(c2nc(-c3cc(F)cc(OCC(C)C)c3)ccc2C(=O)NS(=O)(=O)c2ccn[nH]2)C1. The third-order valence-corrected chi connectivity index (χ3v) is 7.13. The summed E-state index contributed by atoms with van der Waals surface area (Å²) in [4.78, 5) is 19.8. The van der Waals surface area contributed by atoms with Crippen LogP contribution in [0, 0.1) is 11.7 Å². The number of sulfonamides is 1. The van der Waals surface area contributed by atoms with Crippen LogP contribution in [0.15, 0.2) is 47.6 Å². The summed E-state index contributed by atoms with van der Waals surface area (Å²) in [6.45, 7) is 5.48. The maximum atomic E-state index is 14.4. The number of ether oxygens (including phenoxy) is 2. The van der Waals surface area contributed by atoms with Gasteiger partial charge >= 0.3 is 0 Å². The second-order valence-electron chi connectivity index (χ2n) is 9.25. The molecule has 1 unspecified atom stereocenters. The van der Waals surface area contributed by atoms with E-state index in [9.17, 15) is 17.6 Å². The lowest BCUT2D eigenvalue weighted by atomic mass is 10.1. The van der Waals surface area contributed by atoms with E-state index in [2.05, 4.69) is 14.9 Å². The molecule has 198 valence electrons. The molecule has 0 bridgehead atoms. The molecule has 1 saturated heterocycles. The number of rotatable bonds is 9. The van der Waals surface area contributed by atoms with Crippen LogP contribution in [0.2, 0.25) is 0 Å². The van der Waals surface area contributed by atoms with Gasteiger partial charge in [-0.25, -0.2) is 14.1 Å². The molecule has 1 fully saturated rings. The zero-order valence-corrected chi connectivity index (χ0v) is 21.7. The number of halogens is 1. The Balaban J connectivity index is 1.72. The fraction of sp³-hybridized carbons (Fsp3) is 0.400. The lowest BCUT2D eigenvalue weighted by Crippen LogP contribution is -2.41. The zero-order chi connectivity index (χ0) is 26.6. The zero-order valence-electron chi connectivity index (χ0n) is 20.9. The molecule has 2 aromatic heterocycles. The number of pyridine rings is 1. The molecule has 0 aliphatic carbocycles. The number of nitrogens with one attached hydrogen (secondary N) is 2. The fourth-order valence-corrected chi connectivity index (χ4v) is 4.91. The number of hydrogen-bond donors (Lipinski definition) is 2. The van der Waals surface area contributed by atoms with Crippen LogP contribution in [-0.2, 0) is 14.8 Å². The number of carbonyl (C=O) groups is 1. The summed E-state index contributed by atoms with van der Waals surface area (Å²) in [6, 6.07) is 8.63. The van der Waals surface area contributed by atoms with Gasteiger partial charge in [0, 0.05) is 31.8 Å². The Hall–Kier alpha value is -3.51. The topological polar surface area (TPSA) is 127 Å². The third-order valence-electron chi connectivity index (χ3n) is 5.87. The number of benzene rings is 1. The quantitative estimate of drug-likeness (QED) is 0.430. The summed E-state index contributed by atoms with van der Waals surface area (Å²) in [7, 11) is -2.55. The van der Waals surface area contributed by atoms with E-state index in [0.29, 0.717) is 36.7 Å². The molecule has 1 aliphatic heterocycles. The number of methoxy groups -OCH3 is 1. The predicted molar refractivity (Wildman–Crippen MR) is 135 cm³/mol. The van der Waals surface area contributed by atoms with Crippen molar-refractivity contribution in [2.45, 2.75) is 37.8 Å². The Labute approximate surface area is 215 Å². The molecule has 0 radical (unpaired) electrons. The van der Waals surface area contributed by atoms with Crippen LogP contribution in [-0.4, -0.2) is 62.4 Å². The minimum Gasteiger partial charge on any atom is -0.493 e. The molecule has 1 aromatic carbocycles. The Morgan fingerprint density at radius 2 is 2.08 bits per heavy atom. The second-order valence-corrected chi connectivity index (χ2v) is 10.9. The highest BCUT2D eigenvalue weighted by molar-refractivity contribution is 7.90. The summed E-state index contributed by atoms with van der Waals surface area (Å²) in [5.74, 6) is -0.407. The first-order chi connectivity index (χ1) is 17.7. The van der Waals surface area contributed by atoms with Gasteiger partial charge in [0.15, 0.2) is 5.03 Å². The number of anilines is 1. The number of H-pyrrole nitrogens is 1. The summed E-state index contributed by atoms with van der Waals surface area (Å²) >= 11 is 0. The summed E-state index contributed by atoms with van der Waals surface area (Å²) in [5.41, 5.74) is 0.949. The molecule has 0 saturated carbocycles. The van der Waals surface area contributed by atoms with Crippen molar-refractivity contribution >= 4 is 21.7 Å². The Bertz CT molecular complexity index is 1350. The largest absolute Gasteiger partial charge is 0.493 e. The third kappa shape index (κ3) is 6.44. The van der Waals surface area contributed by atoms with E-state index in [4.69, 9.17) is 14.5 Å². The van der Waals surface area contributed by atoms with Crippen LogP contribution < -0.4 is 14.4 Å². The number of hydrogen-bond acceptors (Lipinski definition) is 8. The van der Waals surface area contributed by atoms with E-state index in [-0.39, 0.29) is 28.4 Å². The van der Waals surface area contributed by atoms with Crippen molar-refractivity contribution < 1.29 is 27.1 Å². The molecule has 10 nitrogen and oxygen atoms in total. The monoisotopic (exact) mass is 531 g/mol. The molecule has 0 spiro atoms. The number of aromatic nitrogens is 3. The highest BCUT2D eigenvalue weighted by atomic mass is 32.2. The number of amides is 1. The van der Waals surface area contributed by atoms with Crippen LogP contribution in [0.5, 0.6) is 5.75 Å². The normalized spacial score (nSPS) is 16.1. The molecule has 3 aromatic rings. The number of aromatic amines is 1. The first kappa shape index (κ1) is 26.6. The molecule has 3 heterocycles. The lowest BCUT2D eigenvalue weighted by molar-refractivity contribution is 0.0887. The van der Waals surface area contributed by atoms with Crippen molar-refractivity contribution in [2.24, 2.45) is 5.92 Å². The molecule has 2 N–H and O–H groups in total. The van der Waals surface area contributed by atoms with Gasteiger partial charge in [0.25, 0.3) is 15.9 Å². The van der Waals surface area contributed by atoms with Crippen molar-refractivity contribution in [1.82, 2.24) is 19.9 Å². The number of piperidine rings is 1. The minimum atomic E-state index is -4.17. The molecule has 4 rings (SSSR count). The van der Waals surface area contributed by atoms with Crippen molar-refractivity contribution in [2.75, 3.05) is 31.7 Å². The van der Waals surface area contributed by atoms with Gasteiger partial charge in [0.1, 0.15) is 17.4 Å². The van der Waals surface area contributed by atoms with Crippen LogP contribution in [0.25, 0.3) is 11.3 Å². The Morgan fingerprint density at radius 3 is 2.78 bits per heavy atom. The second kappa shape index (κ2) is 11.3. The van der Waals surface area contributed by atoms with Gasteiger partial charge in [0.2, 0.25) is 0 Å². The Morgan fingerprint density at radius 1 is 1.27 bits per heavy atom. The average Bonchev–Trinajstić information content (AvgIpc) is 3.43. The number of carbonyl (C=O) groups excluding carboxylic acids is 1. The van der Waals surface area contributed by atoms with E-state index in [1.54, 1.807) is 19.2 Å². The van der Waals surface area contributed by atoms with Crippen LogP contribution >= 0.6 is 0 Å². The van der Waals surface area contributed by atoms with Gasteiger partial charge in [-0.1, -0.05) is 13.8 Å². The van der Waals surface area contributed by atoms with Crippen molar-refractivity contribution in [3.63, 3.8) is 0 Å². The highest BCUT2D eigenvalue weighted by Crippen LogP contribution is 2.30. The highest BCUT2D eigenvalue weighted by Gasteiger charge is 2.28. The average molecular weight is 532 g/mol. The van der Waals surface area contributed by atoms with Crippen LogP contribution in [0.1, 0.15) is 37.0 Å². The fourth-order valence-electron chi connectivity index (χ4n) is 4.03. The molecular formula is C25H30FN5O5S. The molecule has 1 atom stereocenters. The molecule has 12 heteroatoms. The van der Waals surface area contributed by atoms with Crippen LogP contribution in [0.4, 0.5) is 10.2 Å². The summed E-state index contributed by atoms with van der Waals surface area (Å²) in [6.07, 6.45) is 2.85. The van der Waals surface area contributed by atoms with Gasteiger partial charge in [-0.05, 0) is 49.1 Å². The standard InChI is InChI=1S/C25H30FN5O5S/c1-16(2)15-36-20-12-17(11-18(26)13-20)22-7-6-21(24(28-22)31-10-4-5-19(14-31)35-3)25(32)30-37(33,34)23-8-9-27-29-23/h6-9,11-13,16,19H,4-5,10,14-15H2,1-3H3,(H,27,29)(H,30,32). The lowest BCUT2D eigenvalue weighted by Gasteiger charge is -2.34. The first-order valence-electron chi connectivity index (χ1n) is 12.0. The van der Waals surface area contributed by atoms with Crippen molar-refractivity contribution in [3.8, 4) is 17.0 Å². The van der Waals surface area contributed by atoms with E-state index in [1.165, 1.54) is 30.5 Å². The van der Waals surface area contributed by atoms with Gasteiger partial charge in [-0.2, -0.15) is 13.5 Å². The van der Waals surface area contributed by atoms with Gasteiger partial charge < -0.3 is 14.4 Å². The molecule has 1 amide bonds. The molecule has 1 aliphatic rings. The van der Waals surface area contributed by atoms with Crippen LogP contribution in [0.3, 0.4) is 0 Å². The Kier molecular flexibility index (Phi) is 8.08.